The Morgan fingerprint density at radius 2 is 1.65 bits per heavy atom. The van der Waals surface area contributed by atoms with Gasteiger partial charge in [0.15, 0.2) is 5.69 Å². The summed E-state index contributed by atoms with van der Waals surface area (Å²) in [7, 11) is 0. The Kier molecular flexibility index (Phi) is 7.87. The van der Waals surface area contributed by atoms with E-state index in [1.807, 2.05) is 5.32 Å². The molecule has 1 amide bonds. The summed E-state index contributed by atoms with van der Waals surface area (Å²) in [6, 6.07) is 13.7. The molecule has 2 N–H and O–H groups in total. The van der Waals surface area contributed by atoms with Gasteiger partial charge in [-0.25, -0.2) is 9.48 Å². The molecule has 1 aliphatic carbocycles. The van der Waals surface area contributed by atoms with E-state index in [2.05, 4.69) is 9.84 Å². The van der Waals surface area contributed by atoms with Crippen LogP contribution in [0.3, 0.4) is 0 Å². The van der Waals surface area contributed by atoms with E-state index in [0.29, 0.717) is 22.0 Å². The quantitative estimate of drug-likeness (QED) is 0.338. The molecule has 3 aromatic rings. The number of hydrogen-bond donors (Lipinski definition) is 2. The van der Waals surface area contributed by atoms with Gasteiger partial charge in [0.25, 0.3) is 5.91 Å². The van der Waals surface area contributed by atoms with Crippen LogP contribution >= 0.6 is 0 Å². The molecular formula is C27H21F6N3O4. The Morgan fingerprint density at radius 3 is 2.17 bits per heavy atom. The van der Waals surface area contributed by atoms with E-state index in [1.165, 1.54) is 36.4 Å². The van der Waals surface area contributed by atoms with Gasteiger partial charge in [0.1, 0.15) is 11.6 Å². The van der Waals surface area contributed by atoms with Gasteiger partial charge in [-0.15, -0.1) is 13.2 Å². The number of rotatable bonds is 8. The first-order valence-corrected chi connectivity index (χ1v) is 11.7. The molecule has 1 aliphatic rings. The fourth-order valence-corrected chi connectivity index (χ4v) is 4.34. The predicted octanol–water partition coefficient (Wildman–Crippen LogP) is 5.78. The van der Waals surface area contributed by atoms with Crippen LogP contribution in [0.15, 0.2) is 85.1 Å². The maximum Gasteiger partial charge on any atom is 0.523 e. The molecule has 2 unspecified atom stereocenters. The zero-order valence-corrected chi connectivity index (χ0v) is 20.4. The second-order valence-corrected chi connectivity index (χ2v) is 8.90. The maximum absolute atomic E-state index is 14.0. The van der Waals surface area contributed by atoms with Crippen LogP contribution in [0.1, 0.15) is 34.5 Å². The number of alkyl halides is 6. The Hall–Kier alpha value is -4.39. The first-order chi connectivity index (χ1) is 18.8. The summed E-state index contributed by atoms with van der Waals surface area (Å²) in [6.45, 7) is 0. The Morgan fingerprint density at radius 1 is 1.02 bits per heavy atom. The smallest absolute Gasteiger partial charge is 0.480 e. The number of halogens is 6. The fraction of sp³-hybridized carbons (Fsp3) is 0.222. The summed E-state index contributed by atoms with van der Waals surface area (Å²) in [5, 5.41) is 15.3. The lowest BCUT2D eigenvalue weighted by molar-refractivity contribution is -0.359. The number of carbonyl (C=O) groups excluding carboxylic acids is 1. The summed E-state index contributed by atoms with van der Waals surface area (Å²) in [5.74, 6) is -3.25. The highest BCUT2D eigenvalue weighted by Gasteiger charge is 2.46. The normalized spacial score (nSPS) is 18.2. The number of aromatic nitrogens is 2. The number of ether oxygens (including phenoxy) is 1. The van der Waals surface area contributed by atoms with E-state index in [0.717, 1.165) is 6.08 Å². The van der Waals surface area contributed by atoms with Crippen LogP contribution in [0.2, 0.25) is 0 Å². The Bertz CT molecular complexity index is 1430. The van der Waals surface area contributed by atoms with Gasteiger partial charge in [0.2, 0.25) is 0 Å². The first-order valence-electron chi connectivity index (χ1n) is 11.7. The summed E-state index contributed by atoms with van der Waals surface area (Å²) < 4.78 is 86.8. The van der Waals surface area contributed by atoms with Crippen molar-refractivity contribution in [3.63, 3.8) is 0 Å². The first kappa shape index (κ1) is 28.6. The molecular weight excluding hydrogens is 544 g/mol. The Balaban J connectivity index is 1.63. The number of benzene rings is 2. The van der Waals surface area contributed by atoms with Crippen LogP contribution in [0.5, 0.6) is 0 Å². The standard InChI is InChI=1S/C27H21F6N3O4/c28-26(29,30)22-20(16-34-36(22)19-9-5-2-6-10-19)23(37)35-21(24(38)39)15-25(40-27(31,32)33)13-11-18(12-14-25)17-7-3-1-4-8-17/h1-13,16,21H,14-15H2,(H,35,37)(H,38,39). The molecule has 7 nitrogen and oxygen atoms in total. The molecule has 0 saturated carbocycles. The highest BCUT2D eigenvalue weighted by atomic mass is 19.4. The lowest BCUT2D eigenvalue weighted by atomic mass is 9.84. The summed E-state index contributed by atoms with van der Waals surface area (Å²) in [6.07, 6.45) is -7.21. The zero-order valence-electron chi connectivity index (χ0n) is 20.4. The van der Waals surface area contributed by atoms with Gasteiger partial charge in [-0.05, 0) is 29.7 Å². The molecule has 40 heavy (non-hydrogen) atoms. The van der Waals surface area contributed by atoms with Crippen molar-refractivity contribution in [2.75, 3.05) is 0 Å². The Labute approximate surface area is 223 Å². The molecule has 210 valence electrons. The minimum atomic E-state index is -5.18. The van der Waals surface area contributed by atoms with E-state index in [4.69, 9.17) is 0 Å². The van der Waals surface area contributed by atoms with E-state index < -0.39 is 60.2 Å². The van der Waals surface area contributed by atoms with Gasteiger partial charge in [-0.2, -0.15) is 18.3 Å². The van der Waals surface area contributed by atoms with E-state index >= 15 is 0 Å². The second kappa shape index (κ2) is 11.0. The zero-order chi connectivity index (χ0) is 29.1. The average molecular weight is 565 g/mol. The average Bonchev–Trinajstić information content (AvgIpc) is 3.35. The summed E-state index contributed by atoms with van der Waals surface area (Å²) in [4.78, 5) is 24.9. The fourth-order valence-electron chi connectivity index (χ4n) is 4.34. The summed E-state index contributed by atoms with van der Waals surface area (Å²) >= 11 is 0. The van der Waals surface area contributed by atoms with Crippen molar-refractivity contribution in [3.05, 3.63) is 102 Å². The van der Waals surface area contributed by atoms with Crippen molar-refractivity contribution >= 4 is 17.4 Å². The van der Waals surface area contributed by atoms with E-state index in [1.54, 1.807) is 36.4 Å². The van der Waals surface area contributed by atoms with Crippen molar-refractivity contribution in [3.8, 4) is 5.69 Å². The second-order valence-electron chi connectivity index (χ2n) is 8.90. The van der Waals surface area contributed by atoms with Gasteiger partial charge < -0.3 is 10.4 Å². The van der Waals surface area contributed by atoms with Crippen LogP contribution in [0.4, 0.5) is 26.3 Å². The lowest BCUT2D eigenvalue weighted by Gasteiger charge is -2.35. The lowest BCUT2D eigenvalue weighted by Crippen LogP contribution is -2.49. The van der Waals surface area contributed by atoms with Crippen molar-refractivity contribution in [2.45, 2.75) is 37.0 Å². The molecule has 0 aliphatic heterocycles. The number of nitrogens with one attached hydrogen (secondary N) is 1. The van der Waals surface area contributed by atoms with Crippen molar-refractivity contribution in [1.29, 1.82) is 0 Å². The topological polar surface area (TPSA) is 93.4 Å². The molecule has 4 rings (SSSR count). The van der Waals surface area contributed by atoms with Crippen LogP contribution in [0.25, 0.3) is 11.3 Å². The number of aliphatic carboxylic acids is 1. The van der Waals surface area contributed by atoms with Gasteiger partial charge in [0, 0.05) is 6.42 Å². The number of para-hydroxylation sites is 1. The molecule has 1 heterocycles. The van der Waals surface area contributed by atoms with Crippen LogP contribution in [-0.2, 0) is 15.7 Å². The third kappa shape index (κ3) is 6.60. The number of amides is 1. The van der Waals surface area contributed by atoms with Gasteiger partial charge >= 0.3 is 18.5 Å². The molecule has 0 bridgehead atoms. The molecule has 1 aromatic heterocycles. The SMILES string of the molecule is O=C(NC(CC1(OC(F)(F)F)C=CC(c2ccccc2)=CC1)C(=O)O)c1cnn(-c2ccccc2)c1C(F)(F)F. The third-order valence-electron chi connectivity index (χ3n) is 6.10. The number of carbonyl (C=O) groups is 2. The van der Waals surface area contributed by atoms with Crippen LogP contribution in [-0.4, -0.2) is 44.8 Å². The summed E-state index contributed by atoms with van der Waals surface area (Å²) in [5.41, 5.74) is -3.50. The highest BCUT2D eigenvalue weighted by Crippen LogP contribution is 2.38. The number of carboxylic acids is 1. The monoisotopic (exact) mass is 565 g/mol. The van der Waals surface area contributed by atoms with Crippen molar-refractivity contribution in [1.82, 2.24) is 15.1 Å². The van der Waals surface area contributed by atoms with E-state index in [-0.39, 0.29) is 5.69 Å². The van der Waals surface area contributed by atoms with Gasteiger partial charge in [0.05, 0.1) is 17.4 Å². The number of hydrogen-bond acceptors (Lipinski definition) is 4. The highest BCUT2D eigenvalue weighted by molar-refractivity contribution is 5.97. The molecule has 2 atom stereocenters. The largest absolute Gasteiger partial charge is 0.523 e. The molecule has 0 saturated heterocycles. The molecule has 0 fully saturated rings. The van der Waals surface area contributed by atoms with Gasteiger partial charge in [-0.1, -0.05) is 66.8 Å². The van der Waals surface area contributed by atoms with Crippen LogP contribution in [0, 0.1) is 0 Å². The van der Waals surface area contributed by atoms with Crippen molar-refractivity contribution < 1.29 is 45.8 Å². The maximum atomic E-state index is 14.0. The van der Waals surface area contributed by atoms with Crippen molar-refractivity contribution in [2.24, 2.45) is 0 Å². The number of carboxylic acid groups (broad SMARTS) is 1. The molecule has 0 radical (unpaired) electrons. The molecule has 2 aromatic carbocycles. The van der Waals surface area contributed by atoms with Crippen LogP contribution < -0.4 is 5.32 Å². The predicted molar refractivity (Wildman–Crippen MR) is 130 cm³/mol. The number of nitrogens with zero attached hydrogens (tertiary/aromatic N) is 2. The minimum absolute atomic E-state index is 0.0189. The number of allylic oxidation sites excluding steroid dienone is 2. The third-order valence-corrected chi connectivity index (χ3v) is 6.10. The van der Waals surface area contributed by atoms with Gasteiger partial charge in [-0.3, -0.25) is 9.53 Å². The molecule has 0 spiro atoms. The molecule has 13 heteroatoms. The minimum Gasteiger partial charge on any atom is -0.480 e. The van der Waals surface area contributed by atoms with E-state index in [9.17, 15) is 41.0 Å².